The van der Waals surface area contributed by atoms with Crippen LogP contribution in [-0.2, 0) is 6.18 Å². The minimum atomic E-state index is -4.55. The van der Waals surface area contributed by atoms with E-state index in [1.165, 1.54) is 17.4 Å². The molecule has 210 valence electrons. The van der Waals surface area contributed by atoms with Gasteiger partial charge in [0.05, 0.1) is 28.1 Å². The number of ether oxygens (including phenoxy) is 1. The fourth-order valence-corrected chi connectivity index (χ4v) is 4.93. The van der Waals surface area contributed by atoms with Gasteiger partial charge in [-0.25, -0.2) is 4.98 Å². The lowest BCUT2D eigenvalue weighted by molar-refractivity contribution is -0.137. The minimum absolute atomic E-state index is 0.0261. The third-order valence-corrected chi connectivity index (χ3v) is 7.03. The number of hydrogen-bond donors (Lipinski definition) is 4. The second-order valence-electron chi connectivity index (χ2n) is 8.16. The molecule has 0 unspecified atom stereocenters. The molecule has 2 aromatic heterocycles. The van der Waals surface area contributed by atoms with Crippen LogP contribution in [0.4, 0.5) is 47.5 Å². The highest BCUT2D eigenvalue weighted by Crippen LogP contribution is 2.35. The molecule has 0 aliphatic rings. The van der Waals surface area contributed by atoms with Gasteiger partial charge < -0.3 is 20.7 Å². The van der Waals surface area contributed by atoms with E-state index in [4.69, 9.17) is 40.2 Å². The molecule has 0 aliphatic heterocycles. The first-order valence-electron chi connectivity index (χ1n) is 11.5. The van der Waals surface area contributed by atoms with Crippen LogP contribution in [-0.4, -0.2) is 32.2 Å². The van der Waals surface area contributed by atoms with Gasteiger partial charge in [0, 0.05) is 10.7 Å². The normalized spacial score (nSPS) is 11.3. The van der Waals surface area contributed by atoms with Crippen molar-refractivity contribution in [3.8, 4) is 5.75 Å². The molecule has 3 aromatic carbocycles. The molecule has 0 bridgehead atoms. The molecular weight excluding hydrogens is 620 g/mol. The Morgan fingerprint density at radius 2 is 1.59 bits per heavy atom. The molecule has 2 heterocycles. The first-order valence-corrected chi connectivity index (χ1v) is 13.5. The molecule has 16 heteroatoms. The maximum absolute atomic E-state index is 13.1. The Hall–Kier alpha value is -3.98. The van der Waals surface area contributed by atoms with E-state index in [-0.39, 0.29) is 33.7 Å². The topological polar surface area (TPSA) is 109 Å². The van der Waals surface area contributed by atoms with E-state index < -0.39 is 11.7 Å². The zero-order valence-electron chi connectivity index (χ0n) is 20.7. The molecule has 5 rings (SSSR count). The highest BCUT2D eigenvalue weighted by atomic mass is 35.5. The van der Waals surface area contributed by atoms with Crippen LogP contribution in [0, 0.1) is 0 Å². The predicted molar refractivity (Wildman–Crippen MR) is 160 cm³/mol. The van der Waals surface area contributed by atoms with Gasteiger partial charge in [-0.2, -0.15) is 28.1 Å². The van der Waals surface area contributed by atoms with Crippen LogP contribution in [0.1, 0.15) is 5.56 Å². The summed E-state index contributed by atoms with van der Waals surface area (Å²) in [5, 5.41) is 12.7. The Bertz CT molecular complexity index is 1740. The zero-order valence-corrected chi connectivity index (χ0v) is 23.8. The molecule has 4 N–H and O–H groups in total. The van der Waals surface area contributed by atoms with Gasteiger partial charge in [0.15, 0.2) is 10.2 Å². The Labute approximate surface area is 250 Å². The number of hydrogen-bond acceptors (Lipinski definition) is 9. The number of anilines is 6. The predicted octanol–water partition coefficient (Wildman–Crippen LogP) is 8.11. The van der Waals surface area contributed by atoms with Crippen LogP contribution in [0.3, 0.4) is 0 Å². The smallest absolute Gasteiger partial charge is 0.416 e. The van der Waals surface area contributed by atoms with E-state index in [0.717, 1.165) is 16.8 Å². The molecule has 0 saturated heterocycles. The first kappa shape index (κ1) is 28.5. The number of thiocarbonyl (C=S) groups is 1. The molecule has 0 saturated carbocycles. The molecule has 0 atom stereocenters. The quantitative estimate of drug-likeness (QED) is 0.131. The van der Waals surface area contributed by atoms with E-state index in [2.05, 4.69) is 41.2 Å². The number of para-hydroxylation sites is 1. The Morgan fingerprint density at radius 3 is 2.27 bits per heavy atom. The van der Waals surface area contributed by atoms with Gasteiger partial charge in [0.2, 0.25) is 17.8 Å². The average Bonchev–Trinajstić information content (AvgIpc) is 3.33. The SMILES string of the molecule is COc1cccc2sc(Nc3nc(NC(=S)Nc4ccc(Cl)cc4)nc(Nc4ccc(C(F)(F)F)cc4Cl)n3)nc12. The average molecular weight is 638 g/mol. The molecular formula is C25H17Cl2F3N8OS2. The van der Waals surface area contributed by atoms with Gasteiger partial charge in [0.25, 0.3) is 0 Å². The van der Waals surface area contributed by atoms with Crippen molar-refractivity contribution in [3.05, 3.63) is 76.3 Å². The van der Waals surface area contributed by atoms with Crippen LogP contribution >= 0.6 is 46.8 Å². The monoisotopic (exact) mass is 636 g/mol. The lowest BCUT2D eigenvalue weighted by atomic mass is 10.2. The van der Waals surface area contributed by atoms with Crippen molar-refractivity contribution in [2.24, 2.45) is 0 Å². The molecule has 9 nitrogen and oxygen atoms in total. The summed E-state index contributed by atoms with van der Waals surface area (Å²) < 4.78 is 45.5. The summed E-state index contributed by atoms with van der Waals surface area (Å²) >= 11 is 18.8. The summed E-state index contributed by atoms with van der Waals surface area (Å²) in [6.07, 6.45) is -4.55. The van der Waals surface area contributed by atoms with Gasteiger partial charge in [-0.15, -0.1) is 0 Å². The van der Waals surface area contributed by atoms with Crippen LogP contribution < -0.4 is 26.0 Å². The number of fused-ring (bicyclic) bond motifs is 1. The van der Waals surface area contributed by atoms with Crippen molar-refractivity contribution in [1.82, 2.24) is 19.9 Å². The van der Waals surface area contributed by atoms with Crippen LogP contribution in [0.2, 0.25) is 10.0 Å². The number of aromatic nitrogens is 4. The van der Waals surface area contributed by atoms with E-state index in [1.54, 1.807) is 37.4 Å². The lowest BCUT2D eigenvalue weighted by Gasteiger charge is -2.13. The van der Waals surface area contributed by atoms with Crippen molar-refractivity contribution in [2.75, 3.05) is 28.4 Å². The number of rotatable bonds is 7. The number of nitrogens with zero attached hydrogens (tertiary/aromatic N) is 4. The van der Waals surface area contributed by atoms with E-state index >= 15 is 0 Å². The van der Waals surface area contributed by atoms with E-state index in [0.29, 0.717) is 27.1 Å². The Balaban J connectivity index is 1.44. The molecule has 0 radical (unpaired) electrons. The van der Waals surface area contributed by atoms with Gasteiger partial charge in [-0.05, 0) is 66.8 Å². The summed E-state index contributed by atoms with van der Waals surface area (Å²) in [6, 6.07) is 15.3. The third kappa shape index (κ3) is 7.03. The highest BCUT2D eigenvalue weighted by Gasteiger charge is 2.31. The molecule has 41 heavy (non-hydrogen) atoms. The zero-order chi connectivity index (χ0) is 29.1. The summed E-state index contributed by atoms with van der Waals surface area (Å²) in [6.45, 7) is 0. The Kier molecular flexibility index (Phi) is 8.26. The number of nitrogens with one attached hydrogen (secondary N) is 4. The van der Waals surface area contributed by atoms with E-state index in [1.807, 2.05) is 12.1 Å². The number of halogens is 5. The maximum Gasteiger partial charge on any atom is 0.416 e. The van der Waals surface area contributed by atoms with Gasteiger partial charge in [-0.1, -0.05) is 40.6 Å². The van der Waals surface area contributed by atoms with Crippen molar-refractivity contribution in [2.45, 2.75) is 6.18 Å². The van der Waals surface area contributed by atoms with Crippen LogP contribution in [0.5, 0.6) is 5.75 Å². The van der Waals surface area contributed by atoms with Crippen molar-refractivity contribution < 1.29 is 17.9 Å². The fourth-order valence-electron chi connectivity index (χ4n) is 3.49. The van der Waals surface area contributed by atoms with Crippen molar-refractivity contribution in [3.63, 3.8) is 0 Å². The third-order valence-electron chi connectivity index (χ3n) is 5.33. The highest BCUT2D eigenvalue weighted by molar-refractivity contribution is 7.80. The summed E-state index contributed by atoms with van der Waals surface area (Å²) in [7, 11) is 1.55. The minimum Gasteiger partial charge on any atom is -0.494 e. The Morgan fingerprint density at radius 1 is 0.878 bits per heavy atom. The maximum atomic E-state index is 13.1. The molecule has 0 spiro atoms. The van der Waals surface area contributed by atoms with Gasteiger partial charge in [0.1, 0.15) is 11.3 Å². The van der Waals surface area contributed by atoms with Crippen LogP contribution in [0.25, 0.3) is 10.2 Å². The number of benzene rings is 3. The number of methoxy groups -OCH3 is 1. The van der Waals surface area contributed by atoms with Crippen molar-refractivity contribution >= 4 is 96.4 Å². The second kappa shape index (κ2) is 11.9. The summed E-state index contributed by atoms with van der Waals surface area (Å²) in [5.41, 5.74) is 0.573. The summed E-state index contributed by atoms with van der Waals surface area (Å²) in [5.74, 6) is 0.668. The molecule has 0 aliphatic carbocycles. The first-order chi connectivity index (χ1) is 19.6. The lowest BCUT2D eigenvalue weighted by Crippen LogP contribution is -2.21. The number of thiazole rings is 1. The molecule has 0 amide bonds. The van der Waals surface area contributed by atoms with Crippen molar-refractivity contribution in [1.29, 1.82) is 0 Å². The standard InChI is InChI=1S/C25H17Cl2F3N8OS2/c1-39-17-3-2-4-18-19(17)33-24(41-18)38-22-35-20(32-16-10-5-12(11-15(16)27)25(28,29)30)34-21(36-22)37-23(40)31-14-8-6-13(26)7-9-14/h2-11H,1H3,(H4,31,32,33,34,35,36,37,38,40). The summed E-state index contributed by atoms with van der Waals surface area (Å²) in [4.78, 5) is 17.6. The van der Waals surface area contributed by atoms with E-state index in [9.17, 15) is 13.2 Å². The number of alkyl halides is 3. The fraction of sp³-hybridized carbons (Fsp3) is 0.0800. The van der Waals surface area contributed by atoms with Gasteiger partial charge >= 0.3 is 6.18 Å². The second-order valence-corrected chi connectivity index (χ2v) is 10.4. The molecule has 5 aromatic rings. The van der Waals surface area contributed by atoms with Crippen LogP contribution in [0.15, 0.2) is 60.7 Å². The largest absolute Gasteiger partial charge is 0.494 e. The van der Waals surface area contributed by atoms with Gasteiger partial charge in [-0.3, -0.25) is 5.32 Å². The molecule has 0 fully saturated rings.